The summed E-state index contributed by atoms with van der Waals surface area (Å²) >= 11 is 0. The molecule has 0 atom stereocenters. The molecule has 0 unspecified atom stereocenters. The molecule has 1 aliphatic carbocycles. The quantitative estimate of drug-likeness (QED) is 0.395. The minimum absolute atomic E-state index is 0.108. The molecule has 180 valence electrons. The number of para-hydroxylation sites is 1. The number of hydrogen-bond acceptors (Lipinski definition) is 5. The fourth-order valence-corrected chi connectivity index (χ4v) is 5.10. The number of nitrogens with zero attached hydrogens (tertiary/aromatic N) is 4. The number of carbonyl (C=O) groups is 2. The first kappa shape index (κ1) is 21.7. The third kappa shape index (κ3) is 3.73. The molecule has 1 amide bonds. The molecule has 35 heavy (non-hydrogen) atoms. The van der Waals surface area contributed by atoms with Crippen molar-refractivity contribution >= 4 is 33.8 Å². The van der Waals surface area contributed by atoms with Gasteiger partial charge in [0.2, 0.25) is 11.8 Å². The molecule has 0 radical (unpaired) electrons. The number of amides is 1. The van der Waals surface area contributed by atoms with Crippen LogP contribution in [0.4, 0.5) is 0 Å². The van der Waals surface area contributed by atoms with E-state index < -0.39 is 5.97 Å². The topological polar surface area (TPSA) is 78.6 Å². The van der Waals surface area contributed by atoms with E-state index in [4.69, 9.17) is 9.47 Å². The van der Waals surface area contributed by atoms with E-state index in [0.717, 1.165) is 36.1 Å². The predicted molar refractivity (Wildman–Crippen MR) is 132 cm³/mol. The van der Waals surface area contributed by atoms with Crippen LogP contribution in [-0.2, 0) is 18.4 Å². The van der Waals surface area contributed by atoms with E-state index in [9.17, 15) is 9.59 Å². The Morgan fingerprint density at radius 3 is 2.63 bits per heavy atom. The van der Waals surface area contributed by atoms with Crippen molar-refractivity contribution in [2.45, 2.75) is 32.2 Å². The highest BCUT2D eigenvalue weighted by molar-refractivity contribution is 5.97. The molecule has 4 aromatic rings. The number of benzene rings is 2. The van der Waals surface area contributed by atoms with Crippen LogP contribution in [0.15, 0.2) is 42.7 Å². The van der Waals surface area contributed by atoms with Crippen LogP contribution in [-0.4, -0.2) is 51.1 Å². The van der Waals surface area contributed by atoms with Gasteiger partial charge in [-0.1, -0.05) is 18.2 Å². The summed E-state index contributed by atoms with van der Waals surface area (Å²) in [7, 11) is 3.47. The lowest BCUT2D eigenvalue weighted by Gasteiger charge is -2.39. The number of imidazole rings is 1. The maximum atomic E-state index is 13.3. The average molecular weight is 473 g/mol. The van der Waals surface area contributed by atoms with Crippen LogP contribution in [0.25, 0.3) is 21.9 Å². The zero-order valence-electron chi connectivity index (χ0n) is 20.2. The van der Waals surface area contributed by atoms with Crippen molar-refractivity contribution in [3.63, 3.8) is 0 Å². The van der Waals surface area contributed by atoms with Gasteiger partial charge in [-0.25, -0.2) is 9.78 Å². The van der Waals surface area contributed by atoms with Gasteiger partial charge in [-0.05, 0) is 36.5 Å². The second-order valence-corrected chi connectivity index (χ2v) is 9.73. The van der Waals surface area contributed by atoms with E-state index in [2.05, 4.69) is 21.7 Å². The number of fused-ring (bicyclic) bond motifs is 2. The maximum Gasteiger partial charge on any atom is 0.345 e. The molecule has 0 bridgehead atoms. The lowest BCUT2D eigenvalue weighted by Crippen LogP contribution is -2.47. The summed E-state index contributed by atoms with van der Waals surface area (Å²) in [6.45, 7) is 3.88. The Balaban J connectivity index is 1.37. The standard InChI is InChI=1S/C27H28N4O4/c1-16(32)30-13-20(14-30)21-6-4-5-18-11-24(31(25(18)21)12-17-7-8-17)35-27(33)19-9-22-26(23(10-19)34-3)29(2)15-28-22/h4-6,9-11,15,17,20H,7-8,12-14H2,1-3H3. The summed E-state index contributed by atoms with van der Waals surface area (Å²) in [6.07, 6.45) is 4.07. The van der Waals surface area contributed by atoms with Gasteiger partial charge in [-0.15, -0.1) is 0 Å². The summed E-state index contributed by atoms with van der Waals surface area (Å²) in [5.41, 5.74) is 4.22. The molecule has 2 aliphatic rings. The SMILES string of the molecule is COc1cc(C(=O)Oc2cc3cccc(C4CN(C(C)=O)C4)c3n2CC2CC2)cc2ncn(C)c12. The molecule has 1 aliphatic heterocycles. The number of aromatic nitrogens is 3. The molecular formula is C27H28N4O4. The number of ether oxygens (including phenoxy) is 2. The van der Waals surface area contributed by atoms with Gasteiger partial charge < -0.3 is 23.5 Å². The van der Waals surface area contributed by atoms with Crippen molar-refractivity contribution in [2.75, 3.05) is 20.2 Å². The maximum absolute atomic E-state index is 13.3. The molecule has 8 nitrogen and oxygen atoms in total. The number of aryl methyl sites for hydroxylation is 1. The lowest BCUT2D eigenvalue weighted by atomic mass is 9.90. The van der Waals surface area contributed by atoms with Gasteiger partial charge in [0.05, 0.1) is 30.0 Å². The zero-order valence-corrected chi connectivity index (χ0v) is 20.2. The van der Waals surface area contributed by atoms with E-state index in [-0.39, 0.29) is 11.8 Å². The van der Waals surface area contributed by atoms with Crippen LogP contribution in [0.1, 0.15) is 41.6 Å². The van der Waals surface area contributed by atoms with Crippen molar-refractivity contribution in [1.29, 1.82) is 0 Å². The number of esters is 1. The van der Waals surface area contributed by atoms with E-state index in [1.807, 2.05) is 28.6 Å². The van der Waals surface area contributed by atoms with Crippen molar-refractivity contribution in [1.82, 2.24) is 19.0 Å². The first-order valence-corrected chi connectivity index (χ1v) is 12.0. The van der Waals surface area contributed by atoms with Crippen LogP contribution in [0, 0.1) is 5.92 Å². The summed E-state index contributed by atoms with van der Waals surface area (Å²) in [6, 6.07) is 11.6. The first-order chi connectivity index (χ1) is 16.9. The van der Waals surface area contributed by atoms with Crippen LogP contribution in [0.3, 0.4) is 0 Å². The Morgan fingerprint density at radius 2 is 1.91 bits per heavy atom. The third-order valence-corrected chi connectivity index (χ3v) is 7.25. The van der Waals surface area contributed by atoms with Gasteiger partial charge in [0, 0.05) is 51.0 Å². The molecular weight excluding hydrogens is 444 g/mol. The predicted octanol–water partition coefficient (Wildman–Crippen LogP) is 4.11. The molecule has 2 aromatic carbocycles. The van der Waals surface area contributed by atoms with Crippen molar-refractivity contribution < 1.29 is 19.1 Å². The van der Waals surface area contributed by atoms with Crippen molar-refractivity contribution in [3.8, 4) is 11.6 Å². The Labute approximate surface area is 203 Å². The number of carbonyl (C=O) groups excluding carboxylic acids is 2. The van der Waals surface area contributed by atoms with Gasteiger partial charge in [0.25, 0.3) is 0 Å². The minimum Gasteiger partial charge on any atom is -0.494 e. The second-order valence-electron chi connectivity index (χ2n) is 9.73. The highest BCUT2D eigenvalue weighted by atomic mass is 16.5. The lowest BCUT2D eigenvalue weighted by molar-refractivity contribution is -0.133. The highest BCUT2D eigenvalue weighted by Gasteiger charge is 2.33. The third-order valence-electron chi connectivity index (χ3n) is 7.25. The largest absolute Gasteiger partial charge is 0.494 e. The van der Waals surface area contributed by atoms with Crippen molar-refractivity contribution in [2.24, 2.45) is 13.0 Å². The van der Waals surface area contributed by atoms with Crippen LogP contribution in [0.2, 0.25) is 0 Å². The average Bonchev–Trinajstić information content (AvgIpc) is 3.46. The zero-order chi connectivity index (χ0) is 24.3. The molecule has 2 aromatic heterocycles. The van der Waals surface area contributed by atoms with Gasteiger partial charge in [0.15, 0.2) is 0 Å². The van der Waals surface area contributed by atoms with Crippen LogP contribution in [0.5, 0.6) is 11.6 Å². The van der Waals surface area contributed by atoms with E-state index in [0.29, 0.717) is 28.6 Å². The molecule has 8 heteroatoms. The Morgan fingerprint density at radius 1 is 1.11 bits per heavy atom. The molecule has 1 saturated heterocycles. The summed E-state index contributed by atoms with van der Waals surface area (Å²) < 4.78 is 15.6. The monoisotopic (exact) mass is 472 g/mol. The molecule has 2 fully saturated rings. The molecule has 3 heterocycles. The van der Waals surface area contributed by atoms with E-state index >= 15 is 0 Å². The summed E-state index contributed by atoms with van der Waals surface area (Å²) in [5, 5.41) is 1.05. The van der Waals surface area contributed by atoms with Gasteiger partial charge in [-0.2, -0.15) is 0 Å². The summed E-state index contributed by atoms with van der Waals surface area (Å²) in [5.74, 6) is 1.67. The fraction of sp³-hybridized carbons (Fsp3) is 0.370. The molecule has 1 saturated carbocycles. The molecule has 0 spiro atoms. The first-order valence-electron chi connectivity index (χ1n) is 12.0. The summed E-state index contributed by atoms with van der Waals surface area (Å²) in [4.78, 5) is 31.3. The Kier molecular flexibility index (Phi) is 5.05. The van der Waals surface area contributed by atoms with Crippen molar-refractivity contribution in [3.05, 3.63) is 53.9 Å². The number of rotatable bonds is 6. The normalized spacial score (nSPS) is 16.0. The number of likely N-dealkylation sites (tertiary alicyclic amines) is 1. The molecule has 6 rings (SSSR count). The van der Waals surface area contributed by atoms with Gasteiger partial charge in [-0.3, -0.25) is 4.79 Å². The molecule has 0 N–H and O–H groups in total. The highest BCUT2D eigenvalue weighted by Crippen LogP contribution is 2.40. The number of methoxy groups -OCH3 is 1. The van der Waals surface area contributed by atoms with Gasteiger partial charge >= 0.3 is 5.97 Å². The van der Waals surface area contributed by atoms with Gasteiger partial charge in [0.1, 0.15) is 11.3 Å². The Bertz CT molecular complexity index is 1470. The fourth-order valence-electron chi connectivity index (χ4n) is 5.10. The second kappa shape index (κ2) is 8.15. The van der Waals surface area contributed by atoms with Crippen LogP contribution < -0.4 is 9.47 Å². The minimum atomic E-state index is -0.441. The number of hydrogen-bond donors (Lipinski definition) is 0. The van der Waals surface area contributed by atoms with E-state index in [1.165, 1.54) is 18.4 Å². The van der Waals surface area contributed by atoms with E-state index in [1.54, 1.807) is 32.5 Å². The smallest absolute Gasteiger partial charge is 0.345 e. The van der Waals surface area contributed by atoms with Crippen LogP contribution >= 0.6 is 0 Å². The Hall–Kier alpha value is -3.81.